The Kier molecular flexibility index (Phi) is 2.34. The molecule has 1 heteroatoms. The fourth-order valence-electron chi connectivity index (χ4n) is 3.35. The minimum absolute atomic E-state index is 0.176. The lowest BCUT2D eigenvalue weighted by atomic mass is 9.74. The van der Waals surface area contributed by atoms with Crippen LogP contribution < -0.4 is 0 Å². The summed E-state index contributed by atoms with van der Waals surface area (Å²) in [5.74, 6) is 1.38. The average Bonchev–Trinajstić information content (AvgIpc) is 3.21. The number of rotatable bonds is 3. The Morgan fingerprint density at radius 2 is 1.68 bits per heavy atom. The topological polar surface area (TPSA) is 17.1 Å². The van der Waals surface area contributed by atoms with Crippen molar-refractivity contribution in [2.24, 2.45) is 5.92 Å². The third-order valence-electron chi connectivity index (χ3n) is 4.58. The third kappa shape index (κ3) is 1.73. The molecule has 1 fully saturated rings. The van der Waals surface area contributed by atoms with Gasteiger partial charge in [0.05, 0.1) is 0 Å². The predicted octanol–water partition coefficient (Wildman–Crippen LogP) is 3.70. The van der Waals surface area contributed by atoms with Crippen LogP contribution in [0, 0.1) is 5.92 Å². The smallest absolute Gasteiger partial charge is 0.144 e. The molecule has 94 valence electrons. The van der Waals surface area contributed by atoms with Gasteiger partial charge in [0.2, 0.25) is 0 Å². The van der Waals surface area contributed by atoms with Gasteiger partial charge in [-0.05, 0) is 35.4 Å². The maximum absolute atomic E-state index is 12.5. The molecule has 0 aliphatic heterocycles. The normalized spacial score (nSPS) is 27.3. The van der Waals surface area contributed by atoms with Crippen LogP contribution in [0.3, 0.4) is 0 Å². The molecule has 1 nitrogen and oxygen atoms in total. The van der Waals surface area contributed by atoms with E-state index in [1.807, 2.05) is 12.1 Å². The lowest BCUT2D eigenvalue weighted by Crippen LogP contribution is -2.26. The quantitative estimate of drug-likeness (QED) is 0.809. The van der Waals surface area contributed by atoms with Gasteiger partial charge in [-0.3, -0.25) is 4.79 Å². The third-order valence-corrected chi connectivity index (χ3v) is 4.58. The van der Waals surface area contributed by atoms with E-state index >= 15 is 0 Å². The van der Waals surface area contributed by atoms with Crippen LogP contribution in [0.4, 0.5) is 0 Å². The van der Waals surface area contributed by atoms with Crippen LogP contribution in [0.2, 0.25) is 0 Å². The fraction of sp³-hybridized carbons (Fsp3) is 0.278. The van der Waals surface area contributed by atoms with Gasteiger partial charge in [-0.15, -0.1) is 0 Å². The van der Waals surface area contributed by atoms with Crippen molar-refractivity contribution in [3.05, 3.63) is 71.3 Å². The number of hydrogen-bond donors (Lipinski definition) is 0. The van der Waals surface area contributed by atoms with Crippen molar-refractivity contribution in [3.8, 4) is 0 Å². The van der Waals surface area contributed by atoms with E-state index in [0.29, 0.717) is 11.7 Å². The Bertz CT molecular complexity index is 629. The lowest BCUT2D eigenvalue weighted by molar-refractivity contribution is -0.122. The lowest BCUT2D eigenvalue weighted by Gasteiger charge is -2.29. The first-order valence-electron chi connectivity index (χ1n) is 7.01. The maximum atomic E-state index is 12.5. The summed E-state index contributed by atoms with van der Waals surface area (Å²) >= 11 is 0. The van der Waals surface area contributed by atoms with Gasteiger partial charge in [-0.1, -0.05) is 54.6 Å². The largest absolute Gasteiger partial charge is 0.299 e. The van der Waals surface area contributed by atoms with Crippen molar-refractivity contribution in [1.82, 2.24) is 0 Å². The first kappa shape index (κ1) is 11.0. The Morgan fingerprint density at radius 1 is 0.947 bits per heavy atom. The molecular weight excluding hydrogens is 232 g/mol. The van der Waals surface area contributed by atoms with Crippen molar-refractivity contribution in [2.75, 3.05) is 0 Å². The molecule has 4 rings (SSSR count). The molecule has 2 aromatic rings. The molecule has 0 aromatic heterocycles. The van der Waals surface area contributed by atoms with Crippen LogP contribution in [0.1, 0.15) is 34.9 Å². The van der Waals surface area contributed by atoms with E-state index in [1.54, 1.807) is 0 Å². The van der Waals surface area contributed by atoms with Crippen molar-refractivity contribution in [3.63, 3.8) is 0 Å². The van der Waals surface area contributed by atoms with Gasteiger partial charge in [-0.25, -0.2) is 0 Å². The van der Waals surface area contributed by atoms with Gasteiger partial charge in [0.25, 0.3) is 0 Å². The Hall–Kier alpha value is -1.89. The highest BCUT2D eigenvalue weighted by atomic mass is 16.1. The number of Topliss-reactive ketones (excluding diaryl/α,β-unsaturated/α-hetero) is 1. The zero-order valence-corrected chi connectivity index (χ0v) is 10.8. The van der Waals surface area contributed by atoms with Crippen molar-refractivity contribution < 1.29 is 4.79 Å². The summed E-state index contributed by atoms with van der Waals surface area (Å²) < 4.78 is 0. The predicted molar refractivity (Wildman–Crippen MR) is 75.2 cm³/mol. The average molecular weight is 248 g/mol. The van der Waals surface area contributed by atoms with E-state index in [-0.39, 0.29) is 11.8 Å². The highest BCUT2D eigenvalue weighted by Gasteiger charge is 2.48. The van der Waals surface area contributed by atoms with Crippen LogP contribution in [-0.2, 0) is 11.2 Å². The zero-order valence-electron chi connectivity index (χ0n) is 10.8. The number of hydrogen-bond acceptors (Lipinski definition) is 1. The molecule has 0 spiro atoms. The Morgan fingerprint density at radius 3 is 2.47 bits per heavy atom. The number of carbonyl (C=O) groups is 1. The molecule has 0 radical (unpaired) electrons. The van der Waals surface area contributed by atoms with Crippen LogP contribution in [0.15, 0.2) is 54.6 Å². The van der Waals surface area contributed by atoms with Gasteiger partial charge >= 0.3 is 0 Å². The highest BCUT2D eigenvalue weighted by Crippen LogP contribution is 2.52. The molecule has 2 aromatic carbocycles. The van der Waals surface area contributed by atoms with E-state index in [0.717, 1.165) is 12.8 Å². The minimum atomic E-state index is 0.176. The summed E-state index contributed by atoms with van der Waals surface area (Å²) in [7, 11) is 0. The van der Waals surface area contributed by atoms with E-state index in [1.165, 1.54) is 16.7 Å². The Balaban J connectivity index is 1.50. The molecule has 0 heterocycles. The SMILES string of the molecule is O=C(C1Cc2ccccc21)C1CC1c1ccccc1. The molecule has 2 aliphatic rings. The fourth-order valence-corrected chi connectivity index (χ4v) is 3.35. The molecule has 0 N–H and O–H groups in total. The number of benzene rings is 2. The van der Waals surface area contributed by atoms with Crippen LogP contribution in [0.5, 0.6) is 0 Å². The number of ketones is 1. The second-order valence-corrected chi connectivity index (χ2v) is 5.72. The van der Waals surface area contributed by atoms with Crippen molar-refractivity contribution in [1.29, 1.82) is 0 Å². The molecule has 3 atom stereocenters. The summed E-state index contributed by atoms with van der Waals surface area (Å²) in [6, 6.07) is 18.8. The second kappa shape index (κ2) is 4.06. The van der Waals surface area contributed by atoms with Crippen molar-refractivity contribution in [2.45, 2.75) is 24.7 Å². The zero-order chi connectivity index (χ0) is 12.8. The van der Waals surface area contributed by atoms with Gasteiger partial charge < -0.3 is 0 Å². The molecule has 0 amide bonds. The highest BCUT2D eigenvalue weighted by molar-refractivity contribution is 5.93. The molecular formula is C18H16O. The molecule has 3 unspecified atom stereocenters. The molecule has 0 saturated heterocycles. The standard InChI is InChI=1S/C18H16O/c19-18(16-10-13-8-4-5-9-14(13)16)17-11-15(17)12-6-2-1-3-7-12/h1-9,15-17H,10-11H2. The first-order valence-corrected chi connectivity index (χ1v) is 7.01. The minimum Gasteiger partial charge on any atom is -0.299 e. The molecule has 2 aliphatic carbocycles. The van der Waals surface area contributed by atoms with Gasteiger partial charge in [-0.2, -0.15) is 0 Å². The van der Waals surface area contributed by atoms with Crippen LogP contribution in [0.25, 0.3) is 0 Å². The van der Waals surface area contributed by atoms with Crippen molar-refractivity contribution >= 4 is 5.78 Å². The first-order chi connectivity index (χ1) is 9.34. The number of fused-ring (bicyclic) bond motifs is 1. The van der Waals surface area contributed by atoms with Crippen LogP contribution in [-0.4, -0.2) is 5.78 Å². The summed E-state index contributed by atoms with van der Waals surface area (Å²) in [6.07, 6.45) is 1.99. The van der Waals surface area contributed by atoms with E-state index in [9.17, 15) is 4.79 Å². The molecule has 19 heavy (non-hydrogen) atoms. The summed E-state index contributed by atoms with van der Waals surface area (Å²) in [5.41, 5.74) is 3.96. The number of carbonyl (C=O) groups excluding carboxylic acids is 1. The summed E-state index contributed by atoms with van der Waals surface area (Å²) in [6.45, 7) is 0. The van der Waals surface area contributed by atoms with Crippen LogP contribution >= 0.6 is 0 Å². The molecule has 1 saturated carbocycles. The van der Waals surface area contributed by atoms with E-state index in [2.05, 4.69) is 42.5 Å². The Labute approximate surface area is 113 Å². The van der Waals surface area contributed by atoms with Gasteiger partial charge in [0.1, 0.15) is 5.78 Å². The van der Waals surface area contributed by atoms with E-state index < -0.39 is 0 Å². The second-order valence-electron chi connectivity index (χ2n) is 5.72. The molecule has 0 bridgehead atoms. The van der Waals surface area contributed by atoms with Gasteiger partial charge in [0, 0.05) is 11.8 Å². The van der Waals surface area contributed by atoms with E-state index in [4.69, 9.17) is 0 Å². The summed E-state index contributed by atoms with van der Waals surface area (Å²) in [4.78, 5) is 12.5. The monoisotopic (exact) mass is 248 g/mol. The summed E-state index contributed by atoms with van der Waals surface area (Å²) in [5, 5.41) is 0. The van der Waals surface area contributed by atoms with Gasteiger partial charge in [0.15, 0.2) is 0 Å². The maximum Gasteiger partial charge on any atom is 0.144 e.